The van der Waals surface area contributed by atoms with E-state index in [-0.39, 0.29) is 5.41 Å². The van der Waals surface area contributed by atoms with Crippen molar-refractivity contribution in [1.82, 2.24) is 4.90 Å². The number of Topliss-reactive ketones (excluding diaryl/α,β-unsaturated/α-hetero) is 1. The molecule has 0 aromatic rings. The highest BCUT2D eigenvalue weighted by Gasteiger charge is 2.31. The Labute approximate surface area is 87.0 Å². The van der Waals surface area contributed by atoms with Crippen molar-refractivity contribution in [1.29, 1.82) is 0 Å². The fourth-order valence-electron chi connectivity index (χ4n) is 1.87. The first kappa shape index (κ1) is 11.3. The van der Waals surface area contributed by atoms with Crippen molar-refractivity contribution >= 4 is 5.78 Å². The molecule has 2 heteroatoms. The van der Waals surface area contributed by atoms with Crippen LogP contribution in [0.2, 0.25) is 0 Å². The highest BCUT2D eigenvalue weighted by molar-refractivity contribution is 5.96. The lowest BCUT2D eigenvalue weighted by Crippen LogP contribution is -2.34. The monoisotopic (exact) mass is 195 g/mol. The van der Waals surface area contributed by atoms with Crippen LogP contribution in [0, 0.1) is 5.41 Å². The zero-order chi connectivity index (χ0) is 10.8. The van der Waals surface area contributed by atoms with E-state index in [0.29, 0.717) is 12.2 Å². The molecule has 0 radical (unpaired) electrons. The molecule has 0 fully saturated rings. The van der Waals surface area contributed by atoms with E-state index in [9.17, 15) is 4.79 Å². The Balaban J connectivity index is 2.93. The molecule has 0 aromatic heterocycles. The molecule has 1 aliphatic heterocycles. The summed E-state index contributed by atoms with van der Waals surface area (Å²) in [6.45, 7) is 10.5. The normalized spacial score (nSPS) is 20.6. The number of allylic oxidation sites excluding steroid dienone is 1. The molecule has 0 unspecified atom stereocenters. The van der Waals surface area contributed by atoms with Crippen molar-refractivity contribution < 1.29 is 4.79 Å². The molecule has 0 aromatic carbocycles. The SMILES string of the molecule is CCC(=O)C1=CN(CC)CCC1(C)C. The van der Waals surface area contributed by atoms with Gasteiger partial charge in [-0.3, -0.25) is 4.79 Å². The first-order valence-corrected chi connectivity index (χ1v) is 5.50. The Kier molecular flexibility index (Phi) is 3.35. The number of hydrogen-bond donors (Lipinski definition) is 0. The van der Waals surface area contributed by atoms with Gasteiger partial charge in [-0.1, -0.05) is 20.8 Å². The topological polar surface area (TPSA) is 20.3 Å². The van der Waals surface area contributed by atoms with E-state index in [1.165, 1.54) is 0 Å². The molecule has 0 bridgehead atoms. The fourth-order valence-corrected chi connectivity index (χ4v) is 1.87. The zero-order valence-electron chi connectivity index (χ0n) is 9.76. The molecular weight excluding hydrogens is 174 g/mol. The fraction of sp³-hybridized carbons (Fsp3) is 0.750. The molecule has 1 rings (SSSR count). The van der Waals surface area contributed by atoms with Gasteiger partial charge in [0.25, 0.3) is 0 Å². The van der Waals surface area contributed by atoms with Crippen LogP contribution in [0.4, 0.5) is 0 Å². The summed E-state index contributed by atoms with van der Waals surface area (Å²) in [5.74, 6) is 0.299. The van der Waals surface area contributed by atoms with E-state index < -0.39 is 0 Å². The van der Waals surface area contributed by atoms with Gasteiger partial charge in [0.2, 0.25) is 0 Å². The van der Waals surface area contributed by atoms with Crippen molar-refractivity contribution in [3.8, 4) is 0 Å². The average molecular weight is 195 g/mol. The van der Waals surface area contributed by atoms with Crippen LogP contribution in [0.3, 0.4) is 0 Å². The van der Waals surface area contributed by atoms with Crippen LogP contribution in [-0.4, -0.2) is 23.8 Å². The van der Waals surface area contributed by atoms with Gasteiger partial charge in [0.15, 0.2) is 5.78 Å². The Morgan fingerprint density at radius 2 is 2.14 bits per heavy atom. The van der Waals surface area contributed by atoms with E-state index in [2.05, 4.69) is 31.9 Å². The summed E-state index contributed by atoms with van der Waals surface area (Å²) < 4.78 is 0. The minimum absolute atomic E-state index is 0.0682. The molecule has 1 heterocycles. The first-order chi connectivity index (χ1) is 6.51. The van der Waals surface area contributed by atoms with Crippen LogP contribution in [0.15, 0.2) is 11.8 Å². The van der Waals surface area contributed by atoms with Gasteiger partial charge in [-0.05, 0) is 18.8 Å². The Morgan fingerprint density at radius 3 is 2.64 bits per heavy atom. The Bertz CT molecular complexity index is 253. The second kappa shape index (κ2) is 4.16. The zero-order valence-corrected chi connectivity index (χ0v) is 9.76. The predicted molar refractivity (Wildman–Crippen MR) is 59.0 cm³/mol. The first-order valence-electron chi connectivity index (χ1n) is 5.50. The second-order valence-electron chi connectivity index (χ2n) is 4.58. The largest absolute Gasteiger partial charge is 0.377 e. The maximum absolute atomic E-state index is 11.7. The van der Waals surface area contributed by atoms with Crippen molar-refractivity contribution in [2.75, 3.05) is 13.1 Å². The number of hydrogen-bond acceptors (Lipinski definition) is 2. The van der Waals surface area contributed by atoms with Gasteiger partial charge in [0.1, 0.15) is 0 Å². The maximum atomic E-state index is 11.7. The maximum Gasteiger partial charge on any atom is 0.160 e. The molecule has 0 spiro atoms. The molecule has 0 N–H and O–H groups in total. The standard InChI is InChI=1S/C12H21NO/c1-5-11(14)10-9-13(6-2)8-7-12(10,3)4/h9H,5-8H2,1-4H3. The van der Waals surface area contributed by atoms with Gasteiger partial charge in [-0.2, -0.15) is 0 Å². The molecule has 0 saturated carbocycles. The van der Waals surface area contributed by atoms with Crippen LogP contribution < -0.4 is 0 Å². The van der Waals surface area contributed by atoms with E-state index in [1.807, 2.05) is 6.92 Å². The lowest BCUT2D eigenvalue weighted by atomic mass is 9.77. The van der Waals surface area contributed by atoms with E-state index in [4.69, 9.17) is 0 Å². The Hall–Kier alpha value is -0.790. The lowest BCUT2D eigenvalue weighted by Gasteiger charge is -2.36. The van der Waals surface area contributed by atoms with Gasteiger partial charge in [-0.25, -0.2) is 0 Å². The van der Waals surface area contributed by atoms with Gasteiger partial charge in [0.05, 0.1) is 0 Å². The summed E-state index contributed by atoms with van der Waals surface area (Å²) in [5, 5.41) is 0. The highest BCUT2D eigenvalue weighted by Crippen LogP contribution is 2.35. The summed E-state index contributed by atoms with van der Waals surface area (Å²) in [4.78, 5) is 14.0. The van der Waals surface area contributed by atoms with E-state index >= 15 is 0 Å². The molecule has 80 valence electrons. The number of ketones is 1. The smallest absolute Gasteiger partial charge is 0.160 e. The molecular formula is C12H21NO. The number of carbonyl (C=O) groups excluding carboxylic acids is 1. The number of carbonyl (C=O) groups is 1. The van der Waals surface area contributed by atoms with Crippen LogP contribution in [0.1, 0.15) is 40.5 Å². The minimum Gasteiger partial charge on any atom is -0.377 e. The van der Waals surface area contributed by atoms with Gasteiger partial charge < -0.3 is 4.90 Å². The lowest BCUT2D eigenvalue weighted by molar-refractivity contribution is -0.116. The number of nitrogens with zero attached hydrogens (tertiary/aromatic N) is 1. The molecule has 0 amide bonds. The molecule has 1 aliphatic rings. The van der Waals surface area contributed by atoms with E-state index in [1.54, 1.807) is 0 Å². The average Bonchev–Trinajstić information content (AvgIpc) is 2.16. The molecule has 2 nitrogen and oxygen atoms in total. The second-order valence-corrected chi connectivity index (χ2v) is 4.58. The summed E-state index contributed by atoms with van der Waals surface area (Å²) >= 11 is 0. The Morgan fingerprint density at radius 1 is 1.50 bits per heavy atom. The van der Waals surface area contributed by atoms with Crippen molar-refractivity contribution in [2.24, 2.45) is 5.41 Å². The van der Waals surface area contributed by atoms with Crippen LogP contribution in [0.5, 0.6) is 0 Å². The third kappa shape index (κ3) is 2.17. The van der Waals surface area contributed by atoms with Crippen molar-refractivity contribution in [3.05, 3.63) is 11.8 Å². The van der Waals surface area contributed by atoms with Gasteiger partial charge >= 0.3 is 0 Å². The predicted octanol–water partition coefficient (Wildman–Crippen LogP) is 2.60. The summed E-state index contributed by atoms with van der Waals surface area (Å²) in [6.07, 6.45) is 3.76. The van der Waals surface area contributed by atoms with E-state index in [0.717, 1.165) is 25.1 Å². The summed E-state index contributed by atoms with van der Waals surface area (Å²) in [6, 6.07) is 0. The third-order valence-corrected chi connectivity index (χ3v) is 3.09. The van der Waals surface area contributed by atoms with Crippen molar-refractivity contribution in [3.63, 3.8) is 0 Å². The molecule has 14 heavy (non-hydrogen) atoms. The van der Waals surface area contributed by atoms with Crippen LogP contribution in [0.25, 0.3) is 0 Å². The third-order valence-electron chi connectivity index (χ3n) is 3.09. The van der Waals surface area contributed by atoms with Crippen LogP contribution >= 0.6 is 0 Å². The van der Waals surface area contributed by atoms with Crippen molar-refractivity contribution in [2.45, 2.75) is 40.5 Å². The summed E-state index contributed by atoms with van der Waals surface area (Å²) in [7, 11) is 0. The van der Waals surface area contributed by atoms with Gasteiger partial charge in [0, 0.05) is 31.3 Å². The highest BCUT2D eigenvalue weighted by atomic mass is 16.1. The minimum atomic E-state index is 0.0682. The molecule has 0 saturated heterocycles. The van der Waals surface area contributed by atoms with Gasteiger partial charge in [-0.15, -0.1) is 0 Å². The molecule has 0 atom stereocenters. The quantitative estimate of drug-likeness (QED) is 0.690. The molecule has 0 aliphatic carbocycles. The van der Waals surface area contributed by atoms with Crippen LogP contribution in [-0.2, 0) is 4.79 Å². The summed E-state index contributed by atoms with van der Waals surface area (Å²) in [5.41, 5.74) is 1.08. The number of rotatable bonds is 3.